The first-order valence-electron chi connectivity index (χ1n) is 7.14. The van der Waals surface area contributed by atoms with E-state index in [1.165, 1.54) is 0 Å². The highest BCUT2D eigenvalue weighted by molar-refractivity contribution is 5.94. The predicted molar refractivity (Wildman–Crippen MR) is 84.5 cm³/mol. The number of amides is 1. The minimum atomic E-state index is -0.168. The van der Waals surface area contributed by atoms with E-state index in [1.54, 1.807) is 31.4 Å². The number of nitrogens with one attached hydrogen (secondary N) is 1. The second kappa shape index (κ2) is 7.45. The summed E-state index contributed by atoms with van der Waals surface area (Å²) in [5.74, 6) is 1.62. The Balaban J connectivity index is 1.90. The molecule has 2 aromatic rings. The number of allylic oxidation sites excluding steroid dienone is 1. The summed E-state index contributed by atoms with van der Waals surface area (Å²) in [6, 6.07) is 8.74. The average Bonchev–Trinajstić information content (AvgIpc) is 2.98. The van der Waals surface area contributed by atoms with Gasteiger partial charge in [-0.2, -0.15) is 0 Å². The van der Waals surface area contributed by atoms with Gasteiger partial charge in [0.2, 0.25) is 0 Å². The Morgan fingerprint density at radius 1 is 1.36 bits per heavy atom. The maximum absolute atomic E-state index is 12.0. The molecule has 22 heavy (non-hydrogen) atoms. The summed E-state index contributed by atoms with van der Waals surface area (Å²) in [6.07, 6.45) is 3.94. The average molecular weight is 300 g/mol. The lowest BCUT2D eigenvalue weighted by molar-refractivity contribution is 0.0947. The van der Waals surface area contributed by atoms with Gasteiger partial charge in [0.15, 0.2) is 5.76 Å². The third kappa shape index (κ3) is 4.48. The smallest absolute Gasteiger partial charge is 0.251 e. The molecule has 0 fully saturated rings. The number of benzene rings is 1. The quantitative estimate of drug-likeness (QED) is 0.889. The van der Waals surface area contributed by atoms with Gasteiger partial charge in [-0.3, -0.25) is 4.79 Å². The van der Waals surface area contributed by atoms with Gasteiger partial charge in [-0.05, 0) is 36.3 Å². The van der Waals surface area contributed by atoms with Crippen LogP contribution in [0.1, 0.15) is 35.7 Å². The van der Waals surface area contributed by atoms with Crippen LogP contribution in [0.3, 0.4) is 0 Å². The summed E-state index contributed by atoms with van der Waals surface area (Å²) >= 11 is 0. The first-order valence-corrected chi connectivity index (χ1v) is 7.14. The molecule has 0 unspecified atom stereocenters. The Bertz CT molecular complexity index is 642. The second-order valence-electron chi connectivity index (χ2n) is 5.23. The number of hydrogen-bond donors (Lipinski definition) is 1. The van der Waals surface area contributed by atoms with E-state index in [9.17, 15) is 4.79 Å². The van der Waals surface area contributed by atoms with Crippen molar-refractivity contribution in [1.29, 1.82) is 0 Å². The summed E-state index contributed by atoms with van der Waals surface area (Å²) in [6.45, 7) is 4.48. The molecule has 0 atom stereocenters. The molecule has 0 aliphatic carbocycles. The van der Waals surface area contributed by atoms with E-state index in [1.807, 2.05) is 18.2 Å². The monoisotopic (exact) mass is 300 g/mol. The number of hydrogen-bond acceptors (Lipinski definition) is 4. The molecule has 1 amide bonds. The third-order valence-corrected chi connectivity index (χ3v) is 3.00. The normalized spacial score (nSPS) is 11.1. The van der Waals surface area contributed by atoms with Gasteiger partial charge in [-0.1, -0.05) is 25.1 Å². The molecule has 0 aliphatic rings. The highest BCUT2D eigenvalue weighted by Crippen LogP contribution is 2.12. The molecule has 5 nitrogen and oxygen atoms in total. The zero-order valence-electron chi connectivity index (χ0n) is 13.0. The van der Waals surface area contributed by atoms with Crippen molar-refractivity contribution in [2.45, 2.75) is 20.4 Å². The molecular formula is C17H20N2O3. The molecule has 0 saturated carbocycles. The van der Waals surface area contributed by atoms with E-state index < -0.39 is 0 Å². The van der Waals surface area contributed by atoms with E-state index >= 15 is 0 Å². The van der Waals surface area contributed by atoms with Crippen LogP contribution in [-0.2, 0) is 6.54 Å². The lowest BCUT2D eigenvalue weighted by Gasteiger charge is -2.04. The summed E-state index contributed by atoms with van der Waals surface area (Å²) in [4.78, 5) is 12.0. The first-order chi connectivity index (χ1) is 10.6. The van der Waals surface area contributed by atoms with Crippen LogP contribution in [-0.4, -0.2) is 18.2 Å². The molecule has 0 aliphatic heterocycles. The Morgan fingerprint density at radius 3 is 2.73 bits per heavy atom. The number of nitrogens with zero attached hydrogens (tertiary/aromatic N) is 1. The van der Waals surface area contributed by atoms with Crippen molar-refractivity contribution in [3.05, 3.63) is 53.4 Å². The van der Waals surface area contributed by atoms with Crippen molar-refractivity contribution in [2.75, 3.05) is 7.11 Å². The molecule has 0 radical (unpaired) electrons. The summed E-state index contributed by atoms with van der Waals surface area (Å²) in [7, 11) is 1.59. The summed E-state index contributed by atoms with van der Waals surface area (Å²) in [5, 5.41) is 6.73. The van der Waals surface area contributed by atoms with Gasteiger partial charge in [-0.15, -0.1) is 0 Å². The maximum Gasteiger partial charge on any atom is 0.251 e. The number of carbonyl (C=O) groups excluding carboxylic acids is 1. The van der Waals surface area contributed by atoms with Crippen molar-refractivity contribution < 1.29 is 14.1 Å². The number of carbonyl (C=O) groups is 1. The minimum Gasteiger partial charge on any atom is -0.497 e. The van der Waals surface area contributed by atoms with E-state index in [0.29, 0.717) is 29.5 Å². The van der Waals surface area contributed by atoms with E-state index in [4.69, 9.17) is 9.26 Å². The van der Waals surface area contributed by atoms with Gasteiger partial charge >= 0.3 is 0 Å². The lowest BCUT2D eigenvalue weighted by Crippen LogP contribution is -2.22. The van der Waals surface area contributed by atoms with Gasteiger partial charge in [0.1, 0.15) is 11.4 Å². The van der Waals surface area contributed by atoms with Crippen LogP contribution in [0.25, 0.3) is 6.08 Å². The number of aromatic nitrogens is 1. The molecule has 1 N–H and O–H groups in total. The Hall–Kier alpha value is -2.56. The third-order valence-electron chi connectivity index (χ3n) is 3.00. The molecule has 1 aromatic carbocycles. The van der Waals surface area contributed by atoms with Crippen molar-refractivity contribution >= 4 is 12.0 Å². The Kier molecular flexibility index (Phi) is 5.36. The van der Waals surface area contributed by atoms with Crippen molar-refractivity contribution in [2.24, 2.45) is 5.92 Å². The highest BCUT2D eigenvalue weighted by atomic mass is 16.5. The lowest BCUT2D eigenvalue weighted by atomic mass is 10.2. The molecule has 116 valence electrons. The van der Waals surface area contributed by atoms with Gasteiger partial charge in [-0.25, -0.2) is 0 Å². The topological polar surface area (TPSA) is 64.4 Å². The first kappa shape index (κ1) is 15.8. The molecule has 0 bridgehead atoms. The minimum absolute atomic E-state index is 0.168. The number of rotatable bonds is 6. The second-order valence-corrected chi connectivity index (χ2v) is 5.23. The fourth-order valence-electron chi connectivity index (χ4n) is 1.79. The largest absolute Gasteiger partial charge is 0.497 e. The fourth-order valence-corrected chi connectivity index (χ4v) is 1.79. The maximum atomic E-state index is 12.0. The van der Waals surface area contributed by atoms with Gasteiger partial charge < -0.3 is 14.6 Å². The van der Waals surface area contributed by atoms with Crippen LogP contribution in [0.2, 0.25) is 0 Å². The predicted octanol–water partition coefficient (Wildman–Crippen LogP) is 3.28. The molecular weight excluding hydrogens is 280 g/mol. The molecule has 1 aromatic heterocycles. The fraction of sp³-hybridized carbons (Fsp3) is 0.294. The van der Waals surface area contributed by atoms with E-state index in [2.05, 4.69) is 24.3 Å². The zero-order chi connectivity index (χ0) is 15.9. The number of methoxy groups -OCH3 is 1. The zero-order valence-corrected chi connectivity index (χ0v) is 13.0. The van der Waals surface area contributed by atoms with Gasteiger partial charge in [0.05, 0.1) is 13.7 Å². The summed E-state index contributed by atoms with van der Waals surface area (Å²) in [5.41, 5.74) is 1.32. The van der Waals surface area contributed by atoms with Crippen LogP contribution in [0.15, 0.2) is 40.9 Å². The Morgan fingerprint density at radius 2 is 2.09 bits per heavy atom. The van der Waals surface area contributed by atoms with Crippen molar-refractivity contribution in [1.82, 2.24) is 10.5 Å². The van der Waals surface area contributed by atoms with Crippen LogP contribution in [0, 0.1) is 5.92 Å². The van der Waals surface area contributed by atoms with E-state index in [0.717, 1.165) is 5.69 Å². The van der Waals surface area contributed by atoms with Crippen LogP contribution in [0.4, 0.5) is 0 Å². The standard InChI is InChI=1S/C17H20N2O3/c1-12(2)4-7-14-10-16(22-19-14)11-18-17(20)13-5-8-15(21-3)9-6-13/h4-10,12H,11H2,1-3H3,(H,18,20). The van der Waals surface area contributed by atoms with Crippen molar-refractivity contribution in [3.8, 4) is 5.75 Å². The summed E-state index contributed by atoms with van der Waals surface area (Å²) < 4.78 is 10.2. The SMILES string of the molecule is COc1ccc(C(=O)NCc2cc(C=CC(C)C)no2)cc1. The number of ether oxygens (including phenoxy) is 1. The van der Waals surface area contributed by atoms with Gasteiger partial charge in [0.25, 0.3) is 5.91 Å². The molecule has 0 saturated heterocycles. The highest BCUT2D eigenvalue weighted by Gasteiger charge is 2.08. The van der Waals surface area contributed by atoms with Gasteiger partial charge in [0, 0.05) is 11.6 Å². The van der Waals surface area contributed by atoms with E-state index in [-0.39, 0.29) is 5.91 Å². The van der Waals surface area contributed by atoms with Crippen LogP contribution < -0.4 is 10.1 Å². The molecule has 0 spiro atoms. The van der Waals surface area contributed by atoms with Crippen LogP contribution in [0.5, 0.6) is 5.75 Å². The van der Waals surface area contributed by atoms with Crippen molar-refractivity contribution in [3.63, 3.8) is 0 Å². The molecule has 2 rings (SSSR count). The van der Waals surface area contributed by atoms with Crippen LogP contribution >= 0.6 is 0 Å². The Labute approximate surface area is 130 Å². The molecule has 1 heterocycles. The molecule has 5 heteroatoms.